The van der Waals surface area contributed by atoms with Crippen molar-refractivity contribution in [2.45, 2.75) is 24.7 Å². The Balaban J connectivity index is 2.68. The Kier molecular flexibility index (Phi) is 4.73. The van der Waals surface area contributed by atoms with E-state index in [1.165, 1.54) is 24.3 Å². The second kappa shape index (κ2) is 5.84. The maximum absolute atomic E-state index is 12.2. The zero-order valence-corrected chi connectivity index (χ0v) is 9.97. The van der Waals surface area contributed by atoms with Crippen LogP contribution in [0.1, 0.15) is 19.8 Å². The molecule has 0 heterocycles. The van der Waals surface area contributed by atoms with E-state index in [4.69, 9.17) is 4.74 Å². The van der Waals surface area contributed by atoms with Gasteiger partial charge in [-0.25, -0.2) is 12.8 Å². The van der Waals surface area contributed by atoms with E-state index in [9.17, 15) is 12.8 Å². The van der Waals surface area contributed by atoms with Crippen LogP contribution in [0.5, 0.6) is 5.75 Å². The molecule has 0 saturated carbocycles. The topological polar surface area (TPSA) is 43.4 Å². The van der Waals surface area contributed by atoms with Crippen LogP contribution in [0.2, 0.25) is 0 Å². The summed E-state index contributed by atoms with van der Waals surface area (Å²) < 4.78 is 39.9. The molecule has 0 aliphatic carbocycles. The van der Waals surface area contributed by atoms with Gasteiger partial charge in [0.1, 0.15) is 5.75 Å². The number of ether oxygens (including phenoxy) is 1. The summed E-state index contributed by atoms with van der Waals surface area (Å²) in [5, 5.41) is 0. The molecule has 16 heavy (non-hydrogen) atoms. The normalized spacial score (nSPS) is 11.4. The van der Waals surface area contributed by atoms with Gasteiger partial charge in [-0.2, -0.15) is 0 Å². The van der Waals surface area contributed by atoms with Gasteiger partial charge in [-0.15, -0.1) is 0 Å². The molecule has 1 rings (SSSR count). The molecule has 0 fully saturated rings. The molecule has 1 aromatic carbocycles. The van der Waals surface area contributed by atoms with Gasteiger partial charge in [-0.1, -0.05) is 13.3 Å². The van der Waals surface area contributed by atoms with E-state index >= 15 is 0 Å². The smallest absolute Gasteiger partial charge is 0.207 e. The highest BCUT2D eigenvalue weighted by atomic mass is 32.2. The van der Waals surface area contributed by atoms with Crippen molar-refractivity contribution in [2.24, 2.45) is 0 Å². The Hall–Kier alpha value is -1.10. The molecule has 1 aromatic rings. The Morgan fingerprint density at radius 2 is 1.88 bits per heavy atom. The quantitative estimate of drug-likeness (QED) is 0.724. The number of alkyl halides is 1. The zero-order valence-electron chi connectivity index (χ0n) is 9.15. The maximum Gasteiger partial charge on any atom is 0.207 e. The summed E-state index contributed by atoms with van der Waals surface area (Å²) in [6.07, 6.45) is 1.98. The molecule has 0 N–H and O–H groups in total. The fraction of sp³-hybridized carbons (Fsp3) is 0.455. The molecule has 0 aliphatic rings. The van der Waals surface area contributed by atoms with Gasteiger partial charge >= 0.3 is 0 Å². The molecule has 0 atom stereocenters. The van der Waals surface area contributed by atoms with Crippen LogP contribution in [0.15, 0.2) is 29.2 Å². The van der Waals surface area contributed by atoms with Crippen LogP contribution in [-0.2, 0) is 9.84 Å². The first-order valence-corrected chi connectivity index (χ1v) is 6.77. The number of halogens is 1. The Labute approximate surface area is 95.2 Å². The van der Waals surface area contributed by atoms with E-state index in [0.29, 0.717) is 12.4 Å². The first-order valence-electron chi connectivity index (χ1n) is 5.11. The van der Waals surface area contributed by atoms with E-state index in [-0.39, 0.29) is 4.90 Å². The van der Waals surface area contributed by atoms with Gasteiger partial charge in [0.05, 0.1) is 11.5 Å². The molecule has 5 heteroatoms. The molecule has 0 bridgehead atoms. The van der Waals surface area contributed by atoms with Gasteiger partial charge in [-0.3, -0.25) is 0 Å². The van der Waals surface area contributed by atoms with E-state index in [0.717, 1.165) is 12.8 Å². The van der Waals surface area contributed by atoms with Gasteiger partial charge in [-0.05, 0) is 30.7 Å². The van der Waals surface area contributed by atoms with E-state index in [1.807, 2.05) is 0 Å². The zero-order chi connectivity index (χ0) is 12.0. The number of unbranched alkanes of at least 4 members (excludes halogenated alkanes) is 1. The van der Waals surface area contributed by atoms with Crippen LogP contribution < -0.4 is 4.74 Å². The second-order valence-corrected chi connectivity index (χ2v) is 5.32. The van der Waals surface area contributed by atoms with Crippen molar-refractivity contribution in [3.63, 3.8) is 0 Å². The number of benzene rings is 1. The summed E-state index contributed by atoms with van der Waals surface area (Å²) in [7, 11) is -3.76. The minimum absolute atomic E-state index is 0.0159. The summed E-state index contributed by atoms with van der Waals surface area (Å²) in [4.78, 5) is -0.0159. The number of hydrogen-bond donors (Lipinski definition) is 0. The van der Waals surface area contributed by atoms with Crippen molar-refractivity contribution >= 4 is 9.84 Å². The fourth-order valence-electron chi connectivity index (χ4n) is 1.14. The number of sulfone groups is 1. The lowest BCUT2D eigenvalue weighted by Crippen LogP contribution is -2.02. The maximum atomic E-state index is 12.2. The third-order valence-corrected chi connectivity index (χ3v) is 3.37. The molecule has 0 saturated heterocycles. The number of rotatable bonds is 6. The minimum atomic E-state index is -3.76. The van der Waals surface area contributed by atoms with Crippen molar-refractivity contribution in [1.29, 1.82) is 0 Å². The first-order chi connectivity index (χ1) is 7.60. The average Bonchev–Trinajstić information content (AvgIpc) is 2.30. The minimum Gasteiger partial charge on any atom is -0.494 e. The van der Waals surface area contributed by atoms with Gasteiger partial charge in [0.15, 0.2) is 6.01 Å². The molecule has 0 aliphatic heterocycles. The lowest BCUT2D eigenvalue weighted by molar-refractivity contribution is 0.309. The highest BCUT2D eigenvalue weighted by molar-refractivity contribution is 7.91. The molecule has 0 radical (unpaired) electrons. The molecule has 0 amide bonds. The van der Waals surface area contributed by atoms with Gasteiger partial charge in [0, 0.05) is 0 Å². The summed E-state index contributed by atoms with van der Waals surface area (Å²) in [6, 6.07) is 4.42. The third-order valence-electron chi connectivity index (χ3n) is 2.09. The highest BCUT2D eigenvalue weighted by Gasteiger charge is 2.13. The van der Waals surface area contributed by atoms with Crippen LogP contribution in [-0.4, -0.2) is 21.0 Å². The lowest BCUT2D eigenvalue weighted by atomic mass is 10.3. The molecule has 0 unspecified atom stereocenters. The SMILES string of the molecule is CCCCOc1ccc(S(=O)(=O)CF)cc1. The van der Waals surface area contributed by atoms with Crippen molar-refractivity contribution < 1.29 is 17.5 Å². The van der Waals surface area contributed by atoms with Crippen molar-refractivity contribution in [3.05, 3.63) is 24.3 Å². The Morgan fingerprint density at radius 3 is 2.38 bits per heavy atom. The molecular formula is C11H15FO3S. The van der Waals surface area contributed by atoms with E-state index in [1.54, 1.807) is 0 Å². The second-order valence-electron chi connectivity index (χ2n) is 3.40. The van der Waals surface area contributed by atoms with Crippen LogP contribution in [0, 0.1) is 0 Å². The lowest BCUT2D eigenvalue weighted by Gasteiger charge is -2.05. The standard InChI is InChI=1S/C11H15FO3S/c1-2-3-8-15-10-4-6-11(7-5-10)16(13,14)9-12/h4-7H,2-3,8-9H2,1H3. The molecule has 0 spiro atoms. The number of hydrogen-bond acceptors (Lipinski definition) is 3. The highest BCUT2D eigenvalue weighted by Crippen LogP contribution is 2.17. The molecular weight excluding hydrogens is 231 g/mol. The third kappa shape index (κ3) is 3.48. The summed E-state index contributed by atoms with van der Waals surface area (Å²) in [6.45, 7) is 2.66. The average molecular weight is 246 g/mol. The van der Waals surface area contributed by atoms with Crippen molar-refractivity contribution in [1.82, 2.24) is 0 Å². The van der Waals surface area contributed by atoms with Crippen LogP contribution in [0.25, 0.3) is 0 Å². The van der Waals surface area contributed by atoms with Gasteiger partial charge < -0.3 is 4.74 Å². The largest absolute Gasteiger partial charge is 0.494 e. The molecule has 0 aromatic heterocycles. The molecule has 90 valence electrons. The fourth-order valence-corrected chi connectivity index (χ4v) is 1.82. The van der Waals surface area contributed by atoms with E-state index < -0.39 is 15.8 Å². The Morgan fingerprint density at radius 1 is 1.25 bits per heavy atom. The Bertz CT molecular complexity index is 411. The predicted octanol–water partition coefficient (Wildman–Crippen LogP) is 2.57. The monoisotopic (exact) mass is 246 g/mol. The van der Waals surface area contributed by atoms with Crippen molar-refractivity contribution in [3.8, 4) is 5.75 Å². The van der Waals surface area contributed by atoms with Crippen LogP contribution in [0.4, 0.5) is 4.39 Å². The molecule has 3 nitrogen and oxygen atoms in total. The summed E-state index contributed by atoms with van der Waals surface area (Å²) in [5.41, 5.74) is 0. The van der Waals surface area contributed by atoms with Crippen molar-refractivity contribution in [2.75, 3.05) is 12.6 Å². The first kappa shape index (κ1) is 13.0. The predicted molar refractivity (Wildman–Crippen MR) is 60.0 cm³/mol. The van der Waals surface area contributed by atoms with E-state index in [2.05, 4.69) is 6.92 Å². The van der Waals surface area contributed by atoms with Crippen LogP contribution in [0.3, 0.4) is 0 Å². The van der Waals surface area contributed by atoms with Gasteiger partial charge in [0.2, 0.25) is 9.84 Å². The van der Waals surface area contributed by atoms with Crippen LogP contribution >= 0.6 is 0 Å². The summed E-state index contributed by atoms with van der Waals surface area (Å²) in [5.74, 6) is 0.603. The van der Waals surface area contributed by atoms with Gasteiger partial charge in [0.25, 0.3) is 0 Å². The summed E-state index contributed by atoms with van der Waals surface area (Å²) >= 11 is 0.